The third-order valence-electron chi connectivity index (χ3n) is 6.04. The molecule has 1 aliphatic rings. The Kier molecular flexibility index (Phi) is 7.19. The van der Waals surface area contributed by atoms with Gasteiger partial charge in [-0.1, -0.05) is 31.4 Å². The predicted molar refractivity (Wildman–Crippen MR) is 119 cm³/mol. The van der Waals surface area contributed by atoms with E-state index in [1.165, 1.54) is 17.2 Å². The fraction of sp³-hybridized carbons (Fsp3) is 0.400. The molecule has 2 heterocycles. The van der Waals surface area contributed by atoms with E-state index < -0.39 is 17.7 Å². The van der Waals surface area contributed by atoms with Crippen molar-refractivity contribution in [2.45, 2.75) is 63.6 Å². The third-order valence-corrected chi connectivity index (χ3v) is 6.04. The van der Waals surface area contributed by atoms with E-state index in [9.17, 15) is 18.0 Å². The monoisotopic (exact) mass is 473 g/mol. The van der Waals surface area contributed by atoms with Gasteiger partial charge in [-0.2, -0.15) is 18.3 Å². The summed E-state index contributed by atoms with van der Waals surface area (Å²) < 4.78 is 46.2. The normalized spacial score (nSPS) is 14.8. The Morgan fingerprint density at radius 3 is 2.62 bits per heavy atom. The number of alkyl halides is 3. The van der Waals surface area contributed by atoms with Crippen molar-refractivity contribution in [1.82, 2.24) is 14.8 Å². The summed E-state index contributed by atoms with van der Waals surface area (Å²) in [5.74, 6) is 0.350. The topological polar surface area (TPSA) is 77.2 Å². The summed E-state index contributed by atoms with van der Waals surface area (Å²) in [6, 6.07) is 9.64. The van der Waals surface area contributed by atoms with Crippen molar-refractivity contribution >= 4 is 5.97 Å². The highest BCUT2D eigenvalue weighted by atomic mass is 19.4. The lowest BCUT2D eigenvalue weighted by Gasteiger charge is -2.21. The average Bonchev–Trinajstić information content (AvgIpc) is 3.26. The van der Waals surface area contributed by atoms with Crippen LogP contribution in [0.3, 0.4) is 0 Å². The Balaban J connectivity index is 1.55. The quantitative estimate of drug-likeness (QED) is 0.439. The molecule has 0 radical (unpaired) electrons. The van der Waals surface area contributed by atoms with E-state index in [1.54, 1.807) is 6.20 Å². The highest BCUT2D eigenvalue weighted by Crippen LogP contribution is 2.35. The van der Waals surface area contributed by atoms with Gasteiger partial charge in [-0.15, -0.1) is 0 Å². The number of aliphatic carboxylic acids is 1. The van der Waals surface area contributed by atoms with E-state index in [4.69, 9.17) is 14.9 Å². The van der Waals surface area contributed by atoms with Crippen molar-refractivity contribution in [3.8, 4) is 11.6 Å². The molecule has 0 atom stereocenters. The van der Waals surface area contributed by atoms with Crippen LogP contribution in [0.2, 0.25) is 0 Å². The number of pyridine rings is 1. The molecule has 180 valence electrons. The first-order valence-electron chi connectivity index (χ1n) is 11.3. The first kappa shape index (κ1) is 23.8. The van der Waals surface area contributed by atoms with Gasteiger partial charge >= 0.3 is 12.1 Å². The van der Waals surface area contributed by atoms with Gasteiger partial charge in [-0.05, 0) is 49.1 Å². The largest absolute Gasteiger partial charge is 0.489 e. The molecule has 1 aromatic carbocycles. The lowest BCUT2D eigenvalue weighted by molar-refractivity contribution is -0.138. The lowest BCUT2D eigenvalue weighted by atomic mass is 9.86. The number of carboxylic acid groups (broad SMARTS) is 1. The fourth-order valence-corrected chi connectivity index (χ4v) is 4.26. The molecule has 9 heteroatoms. The summed E-state index contributed by atoms with van der Waals surface area (Å²) in [4.78, 5) is 14.8. The van der Waals surface area contributed by atoms with Crippen LogP contribution in [0.5, 0.6) is 5.75 Å². The van der Waals surface area contributed by atoms with Crippen molar-refractivity contribution in [2.75, 3.05) is 0 Å². The predicted octanol–water partition coefficient (Wildman–Crippen LogP) is 5.93. The summed E-state index contributed by atoms with van der Waals surface area (Å²) in [6.45, 7) is 0.245. The number of benzene rings is 1. The first-order chi connectivity index (χ1) is 16.3. The van der Waals surface area contributed by atoms with Gasteiger partial charge in [0.15, 0.2) is 5.82 Å². The summed E-state index contributed by atoms with van der Waals surface area (Å²) in [7, 11) is 0. The number of hydrogen-bond acceptors (Lipinski definition) is 4. The highest BCUT2D eigenvalue weighted by molar-refractivity contribution is 5.67. The van der Waals surface area contributed by atoms with Gasteiger partial charge < -0.3 is 9.84 Å². The standard InChI is InChI=1S/C25H26F3N3O3/c26-25(27,28)20-10-11-22(29-14-20)31-15-19(24(30-31)18-6-2-1-3-7-18)16-34-21-8-4-5-17(13-21)9-12-23(32)33/h4-5,8,10-11,13-15,18H,1-3,6-7,9,12,16H2,(H,32,33). The van der Waals surface area contributed by atoms with Crippen molar-refractivity contribution < 1.29 is 27.8 Å². The minimum atomic E-state index is -4.44. The molecule has 2 aromatic heterocycles. The van der Waals surface area contributed by atoms with Gasteiger partial charge in [-0.25, -0.2) is 9.67 Å². The third kappa shape index (κ3) is 5.95. The van der Waals surface area contributed by atoms with Gasteiger partial charge in [0, 0.05) is 30.3 Å². The van der Waals surface area contributed by atoms with Crippen molar-refractivity contribution in [1.29, 1.82) is 0 Å². The molecule has 0 aliphatic heterocycles. The van der Waals surface area contributed by atoms with E-state index in [0.29, 0.717) is 18.0 Å². The average molecular weight is 473 g/mol. The second kappa shape index (κ2) is 10.3. The van der Waals surface area contributed by atoms with Crippen molar-refractivity contribution in [3.05, 3.63) is 71.2 Å². The zero-order chi connectivity index (χ0) is 24.1. The summed E-state index contributed by atoms with van der Waals surface area (Å²) in [5, 5.41) is 13.6. The van der Waals surface area contributed by atoms with Crippen LogP contribution in [0.1, 0.15) is 66.8 Å². The Morgan fingerprint density at radius 2 is 1.94 bits per heavy atom. The minimum absolute atomic E-state index is 0.0438. The molecule has 1 fully saturated rings. The van der Waals surface area contributed by atoms with Crippen LogP contribution < -0.4 is 4.74 Å². The number of ether oxygens (including phenoxy) is 1. The molecule has 0 bridgehead atoms. The van der Waals surface area contributed by atoms with E-state index >= 15 is 0 Å². The smallest absolute Gasteiger partial charge is 0.417 e. The molecular formula is C25H26F3N3O3. The van der Waals surface area contributed by atoms with E-state index in [-0.39, 0.29) is 18.9 Å². The van der Waals surface area contributed by atoms with Gasteiger partial charge in [-0.3, -0.25) is 4.79 Å². The second-order valence-corrected chi connectivity index (χ2v) is 8.55. The number of rotatable bonds is 8. The summed E-state index contributed by atoms with van der Waals surface area (Å²) >= 11 is 0. The molecule has 1 aliphatic carbocycles. The van der Waals surface area contributed by atoms with E-state index in [0.717, 1.165) is 54.8 Å². The molecule has 1 saturated carbocycles. The molecule has 0 saturated heterocycles. The zero-order valence-electron chi connectivity index (χ0n) is 18.6. The number of aromatic nitrogens is 3. The number of hydrogen-bond donors (Lipinski definition) is 1. The van der Waals surface area contributed by atoms with Crippen molar-refractivity contribution in [3.63, 3.8) is 0 Å². The van der Waals surface area contributed by atoms with E-state index in [1.807, 2.05) is 24.3 Å². The minimum Gasteiger partial charge on any atom is -0.489 e. The van der Waals surface area contributed by atoms with Gasteiger partial charge in [0.2, 0.25) is 0 Å². The fourth-order valence-electron chi connectivity index (χ4n) is 4.26. The SMILES string of the molecule is O=C(O)CCc1cccc(OCc2cn(-c3ccc(C(F)(F)F)cn3)nc2C2CCCCC2)c1. The Bertz CT molecular complexity index is 1120. The summed E-state index contributed by atoms with van der Waals surface area (Å²) in [5.41, 5.74) is 1.83. The molecule has 3 aromatic rings. The molecule has 34 heavy (non-hydrogen) atoms. The second-order valence-electron chi connectivity index (χ2n) is 8.55. The number of aryl methyl sites for hydroxylation is 1. The van der Waals surface area contributed by atoms with Gasteiger partial charge in [0.1, 0.15) is 12.4 Å². The molecule has 4 rings (SSSR count). The Labute approximate surface area is 195 Å². The van der Waals surface area contributed by atoms with Crippen LogP contribution in [-0.4, -0.2) is 25.8 Å². The zero-order valence-corrected chi connectivity index (χ0v) is 18.6. The lowest BCUT2D eigenvalue weighted by Crippen LogP contribution is -2.09. The molecule has 0 amide bonds. The van der Waals surface area contributed by atoms with Gasteiger partial charge in [0.05, 0.1) is 11.3 Å². The van der Waals surface area contributed by atoms with Crippen LogP contribution >= 0.6 is 0 Å². The molecular weight excluding hydrogens is 447 g/mol. The maximum atomic E-state index is 12.9. The summed E-state index contributed by atoms with van der Waals surface area (Å²) in [6.07, 6.45) is 4.03. The maximum Gasteiger partial charge on any atom is 0.417 e. The Morgan fingerprint density at radius 1 is 1.15 bits per heavy atom. The number of carbonyl (C=O) groups is 1. The van der Waals surface area contributed by atoms with Crippen LogP contribution in [0.4, 0.5) is 13.2 Å². The van der Waals surface area contributed by atoms with Gasteiger partial charge in [0.25, 0.3) is 0 Å². The van der Waals surface area contributed by atoms with E-state index in [2.05, 4.69) is 4.98 Å². The molecule has 0 unspecified atom stereocenters. The number of carboxylic acids is 1. The number of halogens is 3. The maximum absolute atomic E-state index is 12.9. The van der Waals surface area contributed by atoms with Crippen LogP contribution in [0.25, 0.3) is 5.82 Å². The Hall–Kier alpha value is -3.36. The molecule has 1 N–H and O–H groups in total. The van der Waals surface area contributed by atoms with Crippen LogP contribution in [0, 0.1) is 0 Å². The van der Waals surface area contributed by atoms with Crippen molar-refractivity contribution in [2.24, 2.45) is 0 Å². The number of nitrogens with zero attached hydrogens (tertiary/aromatic N) is 3. The van der Waals surface area contributed by atoms with Crippen LogP contribution in [0.15, 0.2) is 48.8 Å². The van der Waals surface area contributed by atoms with Crippen LogP contribution in [-0.2, 0) is 24.0 Å². The highest BCUT2D eigenvalue weighted by Gasteiger charge is 2.31. The molecule has 0 spiro atoms. The first-order valence-corrected chi connectivity index (χ1v) is 11.3. The molecule has 6 nitrogen and oxygen atoms in total.